The molecule has 1 saturated heterocycles. The zero-order valence-corrected chi connectivity index (χ0v) is 12.9. The SMILES string of the molecule is O=C1/C(=C/c2ccc([N+](=O)[O-])o2)SC(=S)N1c1ccc(F)cc1. The fourth-order valence-corrected chi connectivity index (χ4v) is 3.21. The van der Waals surface area contributed by atoms with Crippen LogP contribution in [-0.4, -0.2) is 15.2 Å². The lowest BCUT2D eigenvalue weighted by molar-refractivity contribution is -0.402. The van der Waals surface area contributed by atoms with Gasteiger partial charge in [-0.25, -0.2) is 4.39 Å². The summed E-state index contributed by atoms with van der Waals surface area (Å²) in [5.41, 5.74) is 0.447. The molecule has 0 N–H and O–H groups in total. The van der Waals surface area contributed by atoms with E-state index >= 15 is 0 Å². The summed E-state index contributed by atoms with van der Waals surface area (Å²) >= 11 is 6.21. The van der Waals surface area contributed by atoms with Crippen molar-refractivity contribution in [3.63, 3.8) is 0 Å². The second-order valence-corrected chi connectivity index (χ2v) is 6.10. The Morgan fingerprint density at radius 2 is 1.96 bits per heavy atom. The highest BCUT2D eigenvalue weighted by atomic mass is 32.2. The number of hydrogen-bond acceptors (Lipinski definition) is 6. The number of benzene rings is 1. The lowest BCUT2D eigenvalue weighted by Gasteiger charge is -2.13. The number of rotatable bonds is 3. The number of furan rings is 1. The first-order valence-corrected chi connectivity index (χ1v) is 7.46. The number of carbonyl (C=O) groups excluding carboxylic acids is 1. The summed E-state index contributed by atoms with van der Waals surface area (Å²) in [6, 6.07) is 7.94. The standard InChI is InChI=1S/C14H7FN2O4S2/c15-8-1-3-9(4-2-8)16-13(18)11(23-14(16)22)7-10-5-6-12(21-10)17(19)20/h1-7H/b11-7-. The molecule has 1 fully saturated rings. The van der Waals surface area contributed by atoms with E-state index in [1.165, 1.54) is 47.4 Å². The highest BCUT2D eigenvalue weighted by molar-refractivity contribution is 8.27. The first-order valence-electron chi connectivity index (χ1n) is 6.23. The molecule has 0 saturated carbocycles. The number of halogens is 1. The fourth-order valence-electron chi connectivity index (χ4n) is 1.93. The van der Waals surface area contributed by atoms with E-state index in [1.807, 2.05) is 0 Å². The molecule has 1 aromatic heterocycles. The van der Waals surface area contributed by atoms with E-state index in [0.29, 0.717) is 5.69 Å². The molecule has 0 aliphatic carbocycles. The maximum atomic E-state index is 13.0. The number of carbonyl (C=O) groups is 1. The van der Waals surface area contributed by atoms with Crippen LogP contribution in [0.15, 0.2) is 45.7 Å². The Morgan fingerprint density at radius 1 is 1.26 bits per heavy atom. The maximum Gasteiger partial charge on any atom is 0.433 e. The van der Waals surface area contributed by atoms with Crippen molar-refractivity contribution in [3.8, 4) is 0 Å². The summed E-state index contributed by atoms with van der Waals surface area (Å²) in [6.45, 7) is 0. The van der Waals surface area contributed by atoms with Crippen molar-refractivity contribution >= 4 is 51.9 Å². The number of amides is 1. The van der Waals surface area contributed by atoms with Gasteiger partial charge >= 0.3 is 5.88 Å². The molecule has 1 aliphatic heterocycles. The summed E-state index contributed by atoms with van der Waals surface area (Å²) < 4.78 is 18.3. The number of hydrogen-bond donors (Lipinski definition) is 0. The first-order chi connectivity index (χ1) is 11.0. The summed E-state index contributed by atoms with van der Waals surface area (Å²) in [5, 5.41) is 10.6. The van der Waals surface area contributed by atoms with Gasteiger partial charge in [0.1, 0.15) is 16.5 Å². The zero-order chi connectivity index (χ0) is 16.6. The van der Waals surface area contributed by atoms with Gasteiger partial charge in [-0.3, -0.25) is 19.8 Å². The molecule has 1 aromatic carbocycles. The number of anilines is 1. The van der Waals surface area contributed by atoms with Crippen molar-refractivity contribution in [2.75, 3.05) is 4.90 Å². The van der Waals surface area contributed by atoms with Crippen LogP contribution in [0.5, 0.6) is 0 Å². The Morgan fingerprint density at radius 3 is 2.57 bits per heavy atom. The Hall–Kier alpha value is -2.52. The monoisotopic (exact) mass is 350 g/mol. The minimum absolute atomic E-state index is 0.177. The highest BCUT2D eigenvalue weighted by Gasteiger charge is 2.33. The molecule has 0 unspecified atom stereocenters. The van der Waals surface area contributed by atoms with Crippen LogP contribution in [0, 0.1) is 15.9 Å². The Balaban J connectivity index is 1.89. The molecular formula is C14H7FN2O4S2. The first kappa shape index (κ1) is 15.4. The van der Waals surface area contributed by atoms with Gasteiger partial charge < -0.3 is 4.42 Å². The highest BCUT2D eigenvalue weighted by Crippen LogP contribution is 2.36. The van der Waals surface area contributed by atoms with Gasteiger partial charge in [-0.05, 0) is 30.3 Å². The van der Waals surface area contributed by atoms with E-state index in [2.05, 4.69) is 0 Å². The number of thiocarbonyl (C=S) groups is 1. The van der Waals surface area contributed by atoms with Crippen molar-refractivity contribution in [3.05, 3.63) is 63.0 Å². The van der Waals surface area contributed by atoms with Crippen molar-refractivity contribution < 1.29 is 18.5 Å². The molecule has 1 amide bonds. The van der Waals surface area contributed by atoms with E-state index in [0.717, 1.165) is 11.8 Å². The zero-order valence-electron chi connectivity index (χ0n) is 11.3. The molecular weight excluding hydrogens is 343 g/mol. The largest absolute Gasteiger partial charge is 0.433 e. The minimum atomic E-state index is -0.666. The van der Waals surface area contributed by atoms with E-state index < -0.39 is 22.5 Å². The van der Waals surface area contributed by atoms with Crippen LogP contribution in [0.2, 0.25) is 0 Å². The fraction of sp³-hybridized carbons (Fsp3) is 0. The Bertz CT molecular complexity index is 845. The molecule has 0 radical (unpaired) electrons. The summed E-state index contributed by atoms with van der Waals surface area (Å²) in [5.74, 6) is -1.05. The van der Waals surface area contributed by atoms with Gasteiger partial charge in [-0.15, -0.1) is 0 Å². The second kappa shape index (κ2) is 5.94. The predicted octanol–water partition coefficient (Wildman–Crippen LogP) is 3.73. The van der Waals surface area contributed by atoms with E-state index in [4.69, 9.17) is 16.6 Å². The number of nitrogens with zero attached hydrogens (tertiary/aromatic N) is 2. The van der Waals surface area contributed by atoms with Crippen LogP contribution < -0.4 is 4.90 Å². The van der Waals surface area contributed by atoms with Crippen LogP contribution in [0.25, 0.3) is 6.08 Å². The molecule has 6 nitrogen and oxygen atoms in total. The molecule has 3 rings (SSSR count). The van der Waals surface area contributed by atoms with Crippen LogP contribution >= 0.6 is 24.0 Å². The quantitative estimate of drug-likeness (QED) is 0.363. The Kier molecular flexibility index (Phi) is 3.97. The van der Waals surface area contributed by atoms with Crippen LogP contribution in [-0.2, 0) is 4.79 Å². The van der Waals surface area contributed by atoms with E-state index in [9.17, 15) is 19.3 Å². The number of nitro groups is 1. The van der Waals surface area contributed by atoms with Gasteiger partial charge in [0, 0.05) is 6.08 Å². The topological polar surface area (TPSA) is 76.6 Å². The van der Waals surface area contributed by atoms with Crippen molar-refractivity contribution in [1.82, 2.24) is 0 Å². The normalized spacial score (nSPS) is 16.4. The second-order valence-electron chi connectivity index (χ2n) is 4.43. The van der Waals surface area contributed by atoms with Crippen molar-refractivity contribution in [2.24, 2.45) is 0 Å². The van der Waals surface area contributed by atoms with Crippen molar-refractivity contribution in [2.45, 2.75) is 0 Å². The van der Waals surface area contributed by atoms with Crippen LogP contribution in [0.4, 0.5) is 16.0 Å². The average Bonchev–Trinajstić information content (AvgIpc) is 3.07. The smallest absolute Gasteiger partial charge is 0.401 e. The third-order valence-corrected chi connectivity index (χ3v) is 4.25. The molecule has 116 valence electrons. The molecule has 23 heavy (non-hydrogen) atoms. The summed E-state index contributed by atoms with van der Waals surface area (Å²) in [7, 11) is 0. The van der Waals surface area contributed by atoms with Gasteiger partial charge in [0.05, 0.1) is 16.7 Å². The van der Waals surface area contributed by atoms with Gasteiger partial charge in [-0.1, -0.05) is 24.0 Å². The van der Waals surface area contributed by atoms with Crippen LogP contribution in [0.3, 0.4) is 0 Å². The third kappa shape index (κ3) is 3.01. The number of thioether (sulfide) groups is 1. The molecule has 0 spiro atoms. The lowest BCUT2D eigenvalue weighted by Crippen LogP contribution is -2.27. The van der Waals surface area contributed by atoms with Gasteiger partial charge in [0.25, 0.3) is 5.91 Å². The molecule has 1 aliphatic rings. The van der Waals surface area contributed by atoms with Crippen molar-refractivity contribution in [1.29, 1.82) is 0 Å². The van der Waals surface area contributed by atoms with Gasteiger partial charge in [-0.2, -0.15) is 0 Å². The molecule has 9 heteroatoms. The molecule has 2 aromatic rings. The minimum Gasteiger partial charge on any atom is -0.401 e. The third-order valence-electron chi connectivity index (χ3n) is 2.94. The van der Waals surface area contributed by atoms with Crippen LogP contribution in [0.1, 0.15) is 5.76 Å². The maximum absolute atomic E-state index is 13.0. The molecule has 0 atom stereocenters. The summed E-state index contributed by atoms with van der Waals surface area (Å²) in [6.07, 6.45) is 1.38. The van der Waals surface area contributed by atoms with Gasteiger partial charge in [0.15, 0.2) is 4.32 Å². The molecule has 2 heterocycles. The average molecular weight is 350 g/mol. The predicted molar refractivity (Wildman–Crippen MR) is 87.4 cm³/mol. The Labute approximate surface area is 138 Å². The van der Waals surface area contributed by atoms with Gasteiger partial charge in [0.2, 0.25) is 0 Å². The summed E-state index contributed by atoms with van der Waals surface area (Å²) in [4.78, 5) is 23.9. The van der Waals surface area contributed by atoms with E-state index in [1.54, 1.807) is 0 Å². The molecule has 0 bridgehead atoms. The van der Waals surface area contributed by atoms with E-state index in [-0.39, 0.29) is 15.0 Å². The lowest BCUT2D eigenvalue weighted by atomic mass is 10.3.